The summed E-state index contributed by atoms with van der Waals surface area (Å²) in [5.74, 6) is -0.619. The van der Waals surface area contributed by atoms with E-state index in [0.717, 1.165) is 0 Å². The highest BCUT2D eigenvalue weighted by Crippen LogP contribution is 2.25. The van der Waals surface area contributed by atoms with E-state index in [0.29, 0.717) is 10.6 Å². The molecule has 1 amide bonds. The van der Waals surface area contributed by atoms with Crippen LogP contribution in [0, 0.1) is 5.82 Å². The first-order valence-corrected chi connectivity index (χ1v) is 5.85. The third-order valence-electron chi connectivity index (χ3n) is 1.93. The zero-order chi connectivity index (χ0) is 11.4. The topological polar surface area (TPSA) is 29.1 Å². The van der Waals surface area contributed by atoms with Crippen LogP contribution in [-0.4, -0.2) is 11.2 Å². The molecule has 0 unspecified atom stereocenters. The second-order valence-electron chi connectivity index (χ2n) is 3.06. The molecule has 1 aromatic rings. The summed E-state index contributed by atoms with van der Waals surface area (Å²) < 4.78 is 13.4. The third kappa shape index (κ3) is 3.18. The van der Waals surface area contributed by atoms with Gasteiger partial charge in [0.05, 0.1) is 11.4 Å². The van der Waals surface area contributed by atoms with Crippen molar-refractivity contribution >= 4 is 33.4 Å². The van der Waals surface area contributed by atoms with Crippen LogP contribution in [0.4, 0.5) is 4.39 Å². The molecule has 1 aromatic carbocycles. The number of halogens is 3. The molecular formula is C10H10BrClFNO. The normalized spacial score (nSPS) is 12.3. The minimum atomic E-state index is -0.441. The molecule has 2 nitrogen and oxygen atoms in total. The highest BCUT2D eigenvalue weighted by molar-refractivity contribution is 9.09. The van der Waals surface area contributed by atoms with Gasteiger partial charge in [-0.05, 0) is 19.1 Å². The van der Waals surface area contributed by atoms with Crippen LogP contribution < -0.4 is 5.32 Å². The van der Waals surface area contributed by atoms with E-state index < -0.39 is 11.9 Å². The first-order valence-electron chi connectivity index (χ1n) is 4.35. The quantitative estimate of drug-likeness (QED) is 0.853. The molecule has 5 heteroatoms. The number of alkyl halides is 1. The van der Waals surface area contributed by atoms with E-state index in [1.54, 1.807) is 13.0 Å². The molecule has 0 aliphatic carbocycles. The molecule has 0 aliphatic heterocycles. The summed E-state index contributed by atoms with van der Waals surface area (Å²) in [7, 11) is 0. The second-order valence-corrected chi connectivity index (χ2v) is 4.03. The Morgan fingerprint density at radius 1 is 1.67 bits per heavy atom. The molecule has 82 valence electrons. The van der Waals surface area contributed by atoms with Gasteiger partial charge in [0.2, 0.25) is 5.91 Å². The summed E-state index contributed by atoms with van der Waals surface area (Å²) in [4.78, 5) is 11.1. The molecule has 0 spiro atoms. The summed E-state index contributed by atoms with van der Waals surface area (Å²) in [6, 6.07) is 4.00. The standard InChI is InChI=1S/C10H10BrClFNO/c1-6(14-9(15)5-11)10-7(12)3-2-4-8(10)13/h2-4,6H,5H2,1H3,(H,14,15)/t6-/m0/s1. The lowest BCUT2D eigenvalue weighted by Gasteiger charge is -2.15. The lowest BCUT2D eigenvalue weighted by molar-refractivity contribution is -0.119. The first-order chi connectivity index (χ1) is 7.06. The zero-order valence-electron chi connectivity index (χ0n) is 8.06. The average Bonchev–Trinajstić information content (AvgIpc) is 2.17. The summed E-state index contributed by atoms with van der Waals surface area (Å²) in [5, 5.41) is 3.12. The minimum absolute atomic E-state index is 0.184. The van der Waals surface area contributed by atoms with Crippen LogP contribution >= 0.6 is 27.5 Å². The Kier molecular flexibility index (Phi) is 4.54. The molecule has 1 N–H and O–H groups in total. The van der Waals surface area contributed by atoms with E-state index >= 15 is 0 Å². The van der Waals surface area contributed by atoms with Crippen molar-refractivity contribution < 1.29 is 9.18 Å². The van der Waals surface area contributed by atoms with Crippen molar-refractivity contribution in [3.05, 3.63) is 34.6 Å². The fourth-order valence-electron chi connectivity index (χ4n) is 1.28. The van der Waals surface area contributed by atoms with Gasteiger partial charge in [0.15, 0.2) is 0 Å². The molecule has 0 heterocycles. The van der Waals surface area contributed by atoms with E-state index in [-0.39, 0.29) is 11.2 Å². The number of benzene rings is 1. The van der Waals surface area contributed by atoms with Crippen molar-refractivity contribution in [3.63, 3.8) is 0 Å². The molecule has 0 fully saturated rings. The number of nitrogens with one attached hydrogen (secondary N) is 1. The smallest absolute Gasteiger partial charge is 0.231 e. The van der Waals surface area contributed by atoms with Gasteiger partial charge in [0.25, 0.3) is 0 Å². The summed E-state index contributed by atoms with van der Waals surface area (Å²) in [6.45, 7) is 1.69. The van der Waals surface area contributed by atoms with Gasteiger partial charge < -0.3 is 5.32 Å². The highest BCUT2D eigenvalue weighted by Gasteiger charge is 2.15. The fraction of sp³-hybridized carbons (Fsp3) is 0.300. The molecule has 1 rings (SSSR count). The first kappa shape index (κ1) is 12.5. The Balaban J connectivity index is 2.90. The maximum atomic E-state index is 13.4. The van der Waals surface area contributed by atoms with Crippen LogP contribution in [0.25, 0.3) is 0 Å². The number of carbonyl (C=O) groups excluding carboxylic acids is 1. The van der Waals surface area contributed by atoms with E-state index in [9.17, 15) is 9.18 Å². The Bertz CT molecular complexity index is 352. The van der Waals surface area contributed by atoms with Crippen molar-refractivity contribution in [2.24, 2.45) is 0 Å². The highest BCUT2D eigenvalue weighted by atomic mass is 79.9. The molecular weight excluding hydrogens is 284 g/mol. The van der Waals surface area contributed by atoms with Crippen LogP contribution in [0.15, 0.2) is 18.2 Å². The monoisotopic (exact) mass is 293 g/mol. The van der Waals surface area contributed by atoms with E-state index in [1.165, 1.54) is 12.1 Å². The lowest BCUT2D eigenvalue weighted by Crippen LogP contribution is -2.28. The van der Waals surface area contributed by atoms with Gasteiger partial charge in [-0.3, -0.25) is 4.79 Å². The summed E-state index contributed by atoms with van der Waals surface area (Å²) >= 11 is 8.86. The van der Waals surface area contributed by atoms with Crippen molar-refractivity contribution in [2.45, 2.75) is 13.0 Å². The Morgan fingerprint density at radius 2 is 2.33 bits per heavy atom. The van der Waals surface area contributed by atoms with Crippen molar-refractivity contribution in [1.82, 2.24) is 5.32 Å². The second kappa shape index (κ2) is 5.47. The Labute approximate surface area is 101 Å². The van der Waals surface area contributed by atoms with E-state index in [4.69, 9.17) is 11.6 Å². The number of amides is 1. The van der Waals surface area contributed by atoms with Crippen molar-refractivity contribution in [1.29, 1.82) is 0 Å². The maximum Gasteiger partial charge on any atom is 0.231 e. The molecule has 0 aliphatic rings. The Morgan fingerprint density at radius 3 is 2.87 bits per heavy atom. The van der Waals surface area contributed by atoms with E-state index in [1.807, 2.05) is 0 Å². The number of hydrogen-bond acceptors (Lipinski definition) is 1. The SMILES string of the molecule is C[C@H](NC(=O)CBr)c1c(F)cccc1Cl. The van der Waals surface area contributed by atoms with Gasteiger partial charge in [-0.1, -0.05) is 33.6 Å². The third-order valence-corrected chi connectivity index (χ3v) is 2.77. The molecule has 0 bridgehead atoms. The molecule has 1 atom stereocenters. The largest absolute Gasteiger partial charge is 0.349 e. The summed E-state index contributed by atoms with van der Waals surface area (Å²) in [6.07, 6.45) is 0. The number of hydrogen-bond donors (Lipinski definition) is 1. The van der Waals surface area contributed by atoms with Gasteiger partial charge in [-0.15, -0.1) is 0 Å². The zero-order valence-corrected chi connectivity index (χ0v) is 10.4. The van der Waals surface area contributed by atoms with Crippen molar-refractivity contribution in [2.75, 3.05) is 5.33 Å². The van der Waals surface area contributed by atoms with Gasteiger partial charge >= 0.3 is 0 Å². The van der Waals surface area contributed by atoms with Gasteiger partial charge in [0.1, 0.15) is 5.82 Å². The molecule has 0 radical (unpaired) electrons. The molecule has 0 aromatic heterocycles. The predicted octanol–water partition coefficient (Wildman–Crippen LogP) is 3.05. The Hall–Kier alpha value is -0.610. The summed E-state index contributed by atoms with van der Waals surface area (Å²) in [5.41, 5.74) is 0.313. The maximum absolute atomic E-state index is 13.4. The van der Waals surface area contributed by atoms with Crippen LogP contribution in [0.3, 0.4) is 0 Å². The van der Waals surface area contributed by atoms with Crippen molar-refractivity contribution in [3.8, 4) is 0 Å². The average molecular weight is 295 g/mol. The molecule has 15 heavy (non-hydrogen) atoms. The molecule has 0 saturated carbocycles. The van der Waals surface area contributed by atoms with Crippen LogP contribution in [0.1, 0.15) is 18.5 Å². The number of carbonyl (C=O) groups is 1. The van der Waals surface area contributed by atoms with Gasteiger partial charge in [-0.2, -0.15) is 0 Å². The number of rotatable bonds is 3. The molecule has 0 saturated heterocycles. The van der Waals surface area contributed by atoms with Gasteiger partial charge in [-0.25, -0.2) is 4.39 Å². The minimum Gasteiger partial charge on any atom is -0.349 e. The van der Waals surface area contributed by atoms with Crippen LogP contribution in [0.5, 0.6) is 0 Å². The van der Waals surface area contributed by atoms with E-state index in [2.05, 4.69) is 21.2 Å². The predicted molar refractivity (Wildman–Crippen MR) is 61.8 cm³/mol. The fourth-order valence-corrected chi connectivity index (χ4v) is 1.77. The lowest BCUT2D eigenvalue weighted by atomic mass is 10.1. The van der Waals surface area contributed by atoms with Crippen LogP contribution in [-0.2, 0) is 4.79 Å². The van der Waals surface area contributed by atoms with Crippen LogP contribution in [0.2, 0.25) is 5.02 Å². The van der Waals surface area contributed by atoms with Gasteiger partial charge in [0, 0.05) is 10.6 Å².